The van der Waals surface area contributed by atoms with E-state index in [1.165, 1.54) is 0 Å². The van der Waals surface area contributed by atoms with Crippen LogP contribution in [0.2, 0.25) is 0 Å². The summed E-state index contributed by atoms with van der Waals surface area (Å²) in [5.74, 6) is 1.66. The van der Waals surface area contributed by atoms with E-state index in [0.29, 0.717) is 43.9 Å². The van der Waals surface area contributed by atoms with Gasteiger partial charge in [-0.3, -0.25) is 0 Å². The number of ether oxygens (including phenoxy) is 2. The summed E-state index contributed by atoms with van der Waals surface area (Å²) >= 11 is 0. The van der Waals surface area contributed by atoms with Gasteiger partial charge < -0.3 is 19.7 Å². The largest absolute Gasteiger partial charge is 0.382 e. The van der Waals surface area contributed by atoms with Gasteiger partial charge in [-0.05, 0) is 12.3 Å². The molecule has 0 radical (unpaired) electrons. The van der Waals surface area contributed by atoms with Crippen LogP contribution in [-0.4, -0.2) is 37.1 Å². The Morgan fingerprint density at radius 3 is 2.72 bits per heavy atom. The van der Waals surface area contributed by atoms with Gasteiger partial charge in [0.2, 0.25) is 5.89 Å². The third-order valence-corrected chi connectivity index (χ3v) is 2.43. The topological polar surface area (TPSA) is 83.4 Å². The lowest BCUT2D eigenvalue weighted by molar-refractivity contribution is 0.0714. The molecule has 0 aliphatic carbocycles. The van der Waals surface area contributed by atoms with Crippen molar-refractivity contribution in [1.29, 1.82) is 0 Å². The van der Waals surface area contributed by atoms with Crippen LogP contribution in [0.3, 0.4) is 0 Å². The fourth-order valence-electron chi connectivity index (χ4n) is 1.54. The molecule has 0 spiro atoms. The third kappa shape index (κ3) is 5.57. The maximum Gasteiger partial charge on any atom is 0.243 e. The number of nitrogens with two attached hydrogens (primary N) is 1. The Balaban J connectivity index is 2.29. The lowest BCUT2D eigenvalue weighted by Crippen LogP contribution is -2.13. The molecule has 0 amide bonds. The standard InChI is InChI=1S/C12H23N3O3/c1-9(2)8-10(13)12-14-11(15-18-12)4-5-17-7-6-16-3/h9-10H,4-8,13H2,1-3H3/t10-/m0/s1. The van der Waals surface area contributed by atoms with Crippen molar-refractivity contribution in [2.24, 2.45) is 11.7 Å². The Bertz CT molecular complexity index is 328. The summed E-state index contributed by atoms with van der Waals surface area (Å²) in [6.07, 6.45) is 1.47. The molecule has 6 nitrogen and oxygen atoms in total. The molecule has 0 saturated carbocycles. The summed E-state index contributed by atoms with van der Waals surface area (Å²) in [5, 5.41) is 3.88. The van der Waals surface area contributed by atoms with E-state index in [9.17, 15) is 0 Å². The zero-order valence-corrected chi connectivity index (χ0v) is 11.4. The number of hydrogen-bond acceptors (Lipinski definition) is 6. The van der Waals surface area contributed by atoms with Gasteiger partial charge in [0, 0.05) is 13.5 Å². The number of hydrogen-bond donors (Lipinski definition) is 1. The van der Waals surface area contributed by atoms with E-state index in [4.69, 9.17) is 19.7 Å². The van der Waals surface area contributed by atoms with E-state index in [1.807, 2.05) is 0 Å². The average molecular weight is 257 g/mol. The first kappa shape index (κ1) is 15.1. The fraction of sp³-hybridized carbons (Fsp3) is 0.833. The van der Waals surface area contributed by atoms with Gasteiger partial charge in [-0.25, -0.2) is 0 Å². The lowest BCUT2D eigenvalue weighted by Gasteiger charge is -2.08. The lowest BCUT2D eigenvalue weighted by atomic mass is 10.0. The number of methoxy groups -OCH3 is 1. The molecule has 0 unspecified atom stereocenters. The molecule has 0 bridgehead atoms. The average Bonchev–Trinajstić information content (AvgIpc) is 2.77. The summed E-state index contributed by atoms with van der Waals surface area (Å²) in [5.41, 5.74) is 5.96. The second-order valence-electron chi connectivity index (χ2n) is 4.64. The van der Waals surface area contributed by atoms with Crippen LogP contribution >= 0.6 is 0 Å². The zero-order valence-electron chi connectivity index (χ0n) is 11.4. The van der Waals surface area contributed by atoms with Crippen molar-refractivity contribution in [1.82, 2.24) is 10.1 Å². The minimum absolute atomic E-state index is 0.180. The molecule has 0 aliphatic rings. The quantitative estimate of drug-likeness (QED) is 0.672. The molecule has 18 heavy (non-hydrogen) atoms. The highest BCUT2D eigenvalue weighted by Gasteiger charge is 2.15. The van der Waals surface area contributed by atoms with Crippen molar-refractivity contribution in [2.75, 3.05) is 26.9 Å². The molecule has 1 heterocycles. The van der Waals surface area contributed by atoms with Gasteiger partial charge in [0.15, 0.2) is 5.82 Å². The number of aromatic nitrogens is 2. The maximum atomic E-state index is 5.96. The molecule has 104 valence electrons. The fourth-order valence-corrected chi connectivity index (χ4v) is 1.54. The van der Waals surface area contributed by atoms with Crippen LogP contribution in [0.4, 0.5) is 0 Å². The van der Waals surface area contributed by atoms with E-state index in [-0.39, 0.29) is 6.04 Å². The molecule has 0 aromatic carbocycles. The number of nitrogens with zero attached hydrogens (tertiary/aromatic N) is 2. The van der Waals surface area contributed by atoms with E-state index in [1.54, 1.807) is 7.11 Å². The summed E-state index contributed by atoms with van der Waals surface area (Å²) in [6, 6.07) is -0.180. The first-order valence-corrected chi connectivity index (χ1v) is 6.28. The van der Waals surface area contributed by atoms with Gasteiger partial charge in [-0.1, -0.05) is 19.0 Å². The summed E-state index contributed by atoms with van der Waals surface area (Å²) in [4.78, 5) is 4.27. The molecule has 1 aromatic heterocycles. The first-order valence-electron chi connectivity index (χ1n) is 6.28. The molecule has 2 N–H and O–H groups in total. The van der Waals surface area contributed by atoms with Crippen molar-refractivity contribution < 1.29 is 14.0 Å². The van der Waals surface area contributed by atoms with Gasteiger partial charge in [0.05, 0.1) is 25.9 Å². The molecular weight excluding hydrogens is 234 g/mol. The van der Waals surface area contributed by atoms with Crippen LogP contribution in [0.15, 0.2) is 4.52 Å². The Labute approximate surface area is 108 Å². The van der Waals surface area contributed by atoms with Crippen LogP contribution < -0.4 is 5.73 Å². The second-order valence-corrected chi connectivity index (χ2v) is 4.64. The van der Waals surface area contributed by atoms with Crippen LogP contribution in [-0.2, 0) is 15.9 Å². The van der Waals surface area contributed by atoms with Crippen molar-refractivity contribution in [3.63, 3.8) is 0 Å². The highest BCUT2D eigenvalue weighted by atomic mass is 16.5. The van der Waals surface area contributed by atoms with Crippen LogP contribution in [0.25, 0.3) is 0 Å². The van der Waals surface area contributed by atoms with Crippen molar-refractivity contribution in [3.05, 3.63) is 11.7 Å². The van der Waals surface area contributed by atoms with E-state index >= 15 is 0 Å². The first-order chi connectivity index (χ1) is 8.63. The summed E-state index contributed by atoms with van der Waals surface area (Å²) < 4.78 is 15.3. The summed E-state index contributed by atoms with van der Waals surface area (Å²) in [7, 11) is 1.64. The maximum absolute atomic E-state index is 5.96. The monoisotopic (exact) mass is 257 g/mol. The normalized spacial score (nSPS) is 13.2. The Morgan fingerprint density at radius 2 is 2.06 bits per heavy atom. The predicted octanol–water partition coefficient (Wildman–Crippen LogP) is 1.32. The third-order valence-electron chi connectivity index (χ3n) is 2.43. The predicted molar refractivity (Wildman–Crippen MR) is 67.1 cm³/mol. The second kappa shape index (κ2) is 8.18. The zero-order chi connectivity index (χ0) is 13.4. The van der Waals surface area contributed by atoms with Crippen molar-refractivity contribution in [3.8, 4) is 0 Å². The van der Waals surface area contributed by atoms with E-state index < -0.39 is 0 Å². The van der Waals surface area contributed by atoms with Gasteiger partial charge in [-0.15, -0.1) is 0 Å². The van der Waals surface area contributed by atoms with Crippen LogP contribution in [0.5, 0.6) is 0 Å². The molecule has 6 heteroatoms. The number of rotatable bonds is 9. The molecule has 1 atom stereocenters. The highest BCUT2D eigenvalue weighted by Crippen LogP contribution is 2.16. The Kier molecular flexibility index (Phi) is 6.85. The van der Waals surface area contributed by atoms with Gasteiger partial charge in [0.25, 0.3) is 0 Å². The Morgan fingerprint density at radius 1 is 1.28 bits per heavy atom. The Hall–Kier alpha value is -0.980. The molecule has 1 rings (SSSR count). The highest BCUT2D eigenvalue weighted by molar-refractivity contribution is 4.92. The van der Waals surface area contributed by atoms with Crippen molar-refractivity contribution >= 4 is 0 Å². The summed E-state index contributed by atoms with van der Waals surface area (Å²) in [6.45, 7) is 5.95. The molecule has 0 aliphatic heterocycles. The van der Waals surface area contributed by atoms with Crippen LogP contribution in [0.1, 0.15) is 38.0 Å². The minimum Gasteiger partial charge on any atom is -0.382 e. The molecular formula is C12H23N3O3. The molecule has 0 saturated heterocycles. The van der Waals surface area contributed by atoms with Crippen LogP contribution in [0, 0.1) is 5.92 Å². The SMILES string of the molecule is COCCOCCc1noc([C@@H](N)CC(C)C)n1. The molecule has 0 fully saturated rings. The minimum atomic E-state index is -0.180. The van der Waals surface area contributed by atoms with E-state index in [0.717, 1.165) is 6.42 Å². The smallest absolute Gasteiger partial charge is 0.243 e. The van der Waals surface area contributed by atoms with Gasteiger partial charge >= 0.3 is 0 Å². The van der Waals surface area contributed by atoms with Gasteiger partial charge in [-0.2, -0.15) is 4.98 Å². The molecule has 1 aromatic rings. The van der Waals surface area contributed by atoms with E-state index in [2.05, 4.69) is 24.0 Å². The van der Waals surface area contributed by atoms with Crippen molar-refractivity contribution in [2.45, 2.75) is 32.7 Å². The van der Waals surface area contributed by atoms with Gasteiger partial charge in [0.1, 0.15) is 0 Å².